The highest BCUT2D eigenvalue weighted by molar-refractivity contribution is 5.93. The predicted molar refractivity (Wildman–Crippen MR) is 71.8 cm³/mol. The number of carbonyl (C=O) groups excluding carboxylic acids is 1. The molecule has 21 heavy (non-hydrogen) atoms. The van der Waals surface area contributed by atoms with Gasteiger partial charge in [-0.2, -0.15) is 5.10 Å². The van der Waals surface area contributed by atoms with Crippen molar-refractivity contribution in [3.8, 4) is 0 Å². The van der Waals surface area contributed by atoms with Gasteiger partial charge in [0.25, 0.3) is 5.91 Å². The molecule has 0 unspecified atom stereocenters. The third-order valence-electron chi connectivity index (χ3n) is 3.87. The van der Waals surface area contributed by atoms with Crippen LogP contribution in [0, 0.1) is 0 Å². The summed E-state index contributed by atoms with van der Waals surface area (Å²) < 4.78 is 1.49. The van der Waals surface area contributed by atoms with Crippen molar-refractivity contribution < 1.29 is 14.7 Å². The second-order valence-electron chi connectivity index (χ2n) is 5.18. The number of hydrogen-bond donors (Lipinski definition) is 3. The van der Waals surface area contributed by atoms with Gasteiger partial charge in [-0.05, 0) is 25.3 Å². The van der Waals surface area contributed by atoms with Gasteiger partial charge in [0.05, 0.1) is 11.7 Å². The highest BCUT2D eigenvalue weighted by Crippen LogP contribution is 2.40. The summed E-state index contributed by atoms with van der Waals surface area (Å²) in [6.45, 7) is 0. The first-order chi connectivity index (χ1) is 10.0. The van der Waals surface area contributed by atoms with Crippen LogP contribution in [-0.4, -0.2) is 36.7 Å². The maximum Gasteiger partial charge on any atom is 0.353 e. The Bertz CT molecular complexity index is 698. The van der Waals surface area contributed by atoms with Gasteiger partial charge in [-0.3, -0.25) is 9.48 Å². The molecule has 8 heteroatoms. The van der Waals surface area contributed by atoms with E-state index in [1.807, 2.05) is 0 Å². The molecular weight excluding hydrogens is 274 g/mol. The first kappa shape index (κ1) is 13.3. The van der Waals surface area contributed by atoms with Crippen molar-refractivity contribution in [2.75, 3.05) is 0 Å². The van der Waals surface area contributed by atoms with Crippen LogP contribution < -0.4 is 5.32 Å². The summed E-state index contributed by atoms with van der Waals surface area (Å²) in [5.41, 5.74) is -0.146. The quantitative estimate of drug-likeness (QED) is 0.765. The third kappa shape index (κ3) is 2.18. The Morgan fingerprint density at radius 3 is 2.71 bits per heavy atom. The van der Waals surface area contributed by atoms with Gasteiger partial charge in [-0.1, -0.05) is 0 Å². The zero-order valence-electron chi connectivity index (χ0n) is 11.5. The maximum absolute atomic E-state index is 12.3. The van der Waals surface area contributed by atoms with Gasteiger partial charge < -0.3 is 15.4 Å². The lowest BCUT2D eigenvalue weighted by Crippen LogP contribution is -2.51. The lowest BCUT2D eigenvalue weighted by atomic mass is 9.76. The van der Waals surface area contributed by atoms with Crippen LogP contribution in [0.5, 0.6) is 0 Å². The van der Waals surface area contributed by atoms with Crippen molar-refractivity contribution in [2.45, 2.75) is 24.8 Å². The monoisotopic (exact) mass is 289 g/mol. The van der Waals surface area contributed by atoms with E-state index in [2.05, 4.69) is 20.4 Å². The average Bonchev–Trinajstić information content (AvgIpc) is 3.02. The van der Waals surface area contributed by atoms with Crippen LogP contribution in [0.4, 0.5) is 0 Å². The van der Waals surface area contributed by atoms with Gasteiger partial charge in [0.2, 0.25) is 0 Å². The van der Waals surface area contributed by atoms with Crippen molar-refractivity contribution in [1.82, 2.24) is 25.1 Å². The van der Waals surface area contributed by atoms with Crippen molar-refractivity contribution in [1.29, 1.82) is 0 Å². The molecule has 1 fully saturated rings. The van der Waals surface area contributed by atoms with Crippen LogP contribution in [-0.2, 0) is 12.6 Å². The smallest absolute Gasteiger partial charge is 0.353 e. The summed E-state index contributed by atoms with van der Waals surface area (Å²) in [7, 11) is 1.69. The Labute approximate surface area is 120 Å². The third-order valence-corrected chi connectivity index (χ3v) is 3.87. The predicted octanol–water partition coefficient (Wildman–Crippen LogP) is 0.651. The number of carboxylic acids is 1. The minimum Gasteiger partial charge on any atom is -0.477 e. The summed E-state index contributed by atoms with van der Waals surface area (Å²) in [5.74, 6) is -0.828. The Morgan fingerprint density at radius 1 is 1.48 bits per heavy atom. The molecule has 110 valence electrons. The summed E-state index contributed by atoms with van der Waals surface area (Å²) >= 11 is 0. The summed E-state index contributed by atoms with van der Waals surface area (Å²) in [4.78, 5) is 30.1. The fourth-order valence-corrected chi connectivity index (χ4v) is 2.50. The molecule has 2 heterocycles. The topological polar surface area (TPSA) is 113 Å². The van der Waals surface area contributed by atoms with E-state index >= 15 is 0 Å². The number of aromatic nitrogens is 4. The van der Waals surface area contributed by atoms with Crippen LogP contribution in [0.15, 0.2) is 18.5 Å². The average molecular weight is 289 g/mol. The highest BCUT2D eigenvalue weighted by Gasteiger charge is 2.43. The minimum atomic E-state index is -1.07. The number of carboxylic acid groups (broad SMARTS) is 1. The summed E-state index contributed by atoms with van der Waals surface area (Å²) in [6, 6.07) is 1.63. The zero-order valence-corrected chi connectivity index (χ0v) is 11.5. The van der Waals surface area contributed by atoms with Gasteiger partial charge >= 0.3 is 5.97 Å². The number of aromatic amines is 1. The molecule has 1 aliphatic rings. The number of amides is 1. The molecule has 1 aliphatic carbocycles. The van der Waals surface area contributed by atoms with Crippen molar-refractivity contribution in [3.63, 3.8) is 0 Å². The second-order valence-corrected chi connectivity index (χ2v) is 5.18. The summed E-state index contributed by atoms with van der Waals surface area (Å²) in [5, 5.41) is 15.9. The standard InChI is InChI=1S/C13H15N5O3/c1-18-9(3-6-15-18)10(19)17-13(4-2-5-13)12-14-7-8(16-12)11(20)21/h3,6-7H,2,4-5H2,1H3,(H,14,16)(H,17,19)(H,20,21). The molecular formula is C13H15N5O3. The number of carbonyl (C=O) groups is 2. The number of nitrogens with one attached hydrogen (secondary N) is 2. The van der Waals surface area contributed by atoms with Crippen molar-refractivity contribution in [2.24, 2.45) is 7.05 Å². The summed E-state index contributed by atoms with van der Waals surface area (Å²) in [6.07, 6.45) is 5.23. The largest absolute Gasteiger partial charge is 0.477 e. The fourth-order valence-electron chi connectivity index (χ4n) is 2.50. The minimum absolute atomic E-state index is 0.0195. The van der Waals surface area contributed by atoms with Crippen LogP contribution >= 0.6 is 0 Å². The van der Waals surface area contributed by atoms with Crippen molar-refractivity contribution >= 4 is 11.9 Å². The molecule has 2 aromatic rings. The normalized spacial score (nSPS) is 16.2. The molecule has 0 bridgehead atoms. The Hall–Kier alpha value is -2.64. The number of nitrogens with zero attached hydrogens (tertiary/aromatic N) is 3. The first-order valence-corrected chi connectivity index (χ1v) is 6.61. The van der Waals surface area contributed by atoms with Crippen molar-refractivity contribution in [3.05, 3.63) is 35.7 Å². The van der Waals surface area contributed by atoms with E-state index in [1.54, 1.807) is 19.3 Å². The van der Waals surface area contributed by atoms with E-state index in [0.29, 0.717) is 11.5 Å². The Kier molecular flexibility index (Phi) is 3.00. The van der Waals surface area contributed by atoms with E-state index in [4.69, 9.17) is 5.11 Å². The lowest BCUT2D eigenvalue weighted by molar-refractivity contribution is 0.0690. The van der Waals surface area contributed by atoms with Gasteiger partial charge in [0.1, 0.15) is 17.2 Å². The number of aryl methyl sites for hydroxylation is 1. The second kappa shape index (κ2) is 4.72. The lowest BCUT2D eigenvalue weighted by Gasteiger charge is -2.40. The van der Waals surface area contributed by atoms with Crippen LogP contribution in [0.2, 0.25) is 0 Å². The zero-order chi connectivity index (χ0) is 15.0. The van der Waals surface area contributed by atoms with Crippen LogP contribution in [0.3, 0.4) is 0 Å². The van der Waals surface area contributed by atoms with Gasteiger partial charge in [0, 0.05) is 13.2 Å². The van der Waals surface area contributed by atoms with E-state index in [1.165, 1.54) is 10.9 Å². The molecule has 0 saturated heterocycles. The van der Waals surface area contributed by atoms with Crippen LogP contribution in [0.1, 0.15) is 46.1 Å². The molecule has 0 radical (unpaired) electrons. The van der Waals surface area contributed by atoms with E-state index < -0.39 is 11.5 Å². The van der Waals surface area contributed by atoms with E-state index in [-0.39, 0.29) is 11.6 Å². The molecule has 3 rings (SSSR count). The van der Waals surface area contributed by atoms with E-state index in [9.17, 15) is 9.59 Å². The molecule has 1 saturated carbocycles. The molecule has 1 amide bonds. The molecule has 0 aliphatic heterocycles. The highest BCUT2D eigenvalue weighted by atomic mass is 16.4. The SMILES string of the molecule is Cn1nccc1C(=O)NC1(c2ncc(C(=O)O)[nH]2)CCC1. The number of hydrogen-bond acceptors (Lipinski definition) is 4. The molecule has 8 nitrogen and oxygen atoms in total. The fraction of sp³-hybridized carbons (Fsp3) is 0.385. The Morgan fingerprint density at radius 2 is 2.24 bits per heavy atom. The van der Waals surface area contributed by atoms with Gasteiger partial charge in [-0.25, -0.2) is 9.78 Å². The maximum atomic E-state index is 12.3. The van der Waals surface area contributed by atoms with Gasteiger partial charge in [0.15, 0.2) is 0 Å². The van der Waals surface area contributed by atoms with E-state index in [0.717, 1.165) is 19.3 Å². The molecule has 3 N–H and O–H groups in total. The Balaban J connectivity index is 1.85. The molecule has 0 atom stereocenters. The number of aromatic carboxylic acids is 1. The molecule has 0 spiro atoms. The number of H-pyrrole nitrogens is 1. The molecule has 0 aromatic carbocycles. The molecule has 2 aromatic heterocycles. The first-order valence-electron chi connectivity index (χ1n) is 6.61. The number of imidazole rings is 1. The number of rotatable bonds is 4. The van der Waals surface area contributed by atoms with Crippen LogP contribution in [0.25, 0.3) is 0 Å². The van der Waals surface area contributed by atoms with Gasteiger partial charge in [-0.15, -0.1) is 0 Å².